The standard InChI is InChI=1S/C28H26N4O4/c1-3-35-27(33)13-19-17-31(23-11-7-5-9-21(19)23)25-15-29-16-26(30-25)32-18-20(14-28(34)36-4-2)22-10-6-8-12-24(22)32/h5-12,15-18H,3-4,13-14H2,1-2H3. The SMILES string of the molecule is CCOC(=O)Cc1cn(-c2cncc(-n3cc(CC(=O)OCC)c4ccccc43)n2)c2ccccc12. The second kappa shape index (κ2) is 10.0. The lowest BCUT2D eigenvalue weighted by Crippen LogP contribution is -2.07. The highest BCUT2D eigenvalue weighted by Gasteiger charge is 2.17. The van der Waals surface area contributed by atoms with E-state index >= 15 is 0 Å². The molecule has 0 saturated carbocycles. The summed E-state index contributed by atoms with van der Waals surface area (Å²) in [6.45, 7) is 4.28. The normalized spacial score (nSPS) is 11.2. The molecule has 3 aromatic heterocycles. The minimum Gasteiger partial charge on any atom is -0.466 e. The van der Waals surface area contributed by atoms with Crippen molar-refractivity contribution in [3.8, 4) is 11.6 Å². The van der Waals surface area contributed by atoms with Crippen molar-refractivity contribution in [2.24, 2.45) is 0 Å². The Morgan fingerprint density at radius 2 is 1.17 bits per heavy atom. The van der Waals surface area contributed by atoms with Crippen LogP contribution in [-0.4, -0.2) is 44.3 Å². The summed E-state index contributed by atoms with van der Waals surface area (Å²) in [6.07, 6.45) is 7.55. The summed E-state index contributed by atoms with van der Waals surface area (Å²) in [5.41, 5.74) is 3.56. The Kier molecular flexibility index (Phi) is 6.49. The van der Waals surface area contributed by atoms with E-state index in [1.165, 1.54) is 0 Å². The van der Waals surface area contributed by atoms with Gasteiger partial charge in [-0.15, -0.1) is 0 Å². The summed E-state index contributed by atoms with van der Waals surface area (Å²) in [4.78, 5) is 33.7. The largest absolute Gasteiger partial charge is 0.466 e. The van der Waals surface area contributed by atoms with Gasteiger partial charge in [-0.25, -0.2) is 4.98 Å². The first-order chi connectivity index (χ1) is 17.6. The molecule has 8 nitrogen and oxygen atoms in total. The monoisotopic (exact) mass is 482 g/mol. The summed E-state index contributed by atoms with van der Waals surface area (Å²) < 4.78 is 14.2. The fraction of sp³-hybridized carbons (Fsp3) is 0.214. The Labute approximate surface area is 208 Å². The molecule has 0 aliphatic heterocycles. The highest BCUT2D eigenvalue weighted by Crippen LogP contribution is 2.27. The van der Waals surface area contributed by atoms with Crippen LogP contribution < -0.4 is 0 Å². The molecule has 0 amide bonds. The Balaban J connectivity index is 1.58. The number of rotatable bonds is 8. The molecule has 0 saturated heterocycles. The summed E-state index contributed by atoms with van der Waals surface area (Å²) in [5.74, 6) is 0.688. The van der Waals surface area contributed by atoms with Crippen molar-refractivity contribution in [2.45, 2.75) is 26.7 Å². The predicted molar refractivity (Wildman–Crippen MR) is 136 cm³/mol. The van der Waals surface area contributed by atoms with Crippen molar-refractivity contribution in [2.75, 3.05) is 13.2 Å². The van der Waals surface area contributed by atoms with Crippen LogP contribution in [0.15, 0.2) is 73.3 Å². The molecule has 0 aliphatic carbocycles. The molecule has 0 N–H and O–H groups in total. The number of aromatic nitrogens is 4. The maximum Gasteiger partial charge on any atom is 0.310 e. The van der Waals surface area contributed by atoms with Gasteiger partial charge in [0.15, 0.2) is 11.6 Å². The third-order valence-corrected chi connectivity index (χ3v) is 5.97. The van der Waals surface area contributed by atoms with Crippen LogP contribution >= 0.6 is 0 Å². The first-order valence-corrected chi connectivity index (χ1v) is 11.9. The molecule has 0 fully saturated rings. The van der Waals surface area contributed by atoms with Gasteiger partial charge in [-0.05, 0) is 37.1 Å². The lowest BCUT2D eigenvalue weighted by molar-refractivity contribution is -0.143. The first kappa shape index (κ1) is 23.3. The van der Waals surface area contributed by atoms with Crippen LogP contribution in [0.25, 0.3) is 33.4 Å². The molecule has 3 heterocycles. The van der Waals surface area contributed by atoms with Gasteiger partial charge in [0.2, 0.25) is 0 Å². The maximum absolute atomic E-state index is 12.2. The molecule has 8 heteroatoms. The van der Waals surface area contributed by atoms with Gasteiger partial charge in [-0.1, -0.05) is 36.4 Å². The number of para-hydroxylation sites is 2. The van der Waals surface area contributed by atoms with Crippen molar-refractivity contribution < 1.29 is 19.1 Å². The minimum atomic E-state index is -0.270. The number of esters is 2. The van der Waals surface area contributed by atoms with E-state index in [2.05, 4.69) is 4.98 Å². The highest BCUT2D eigenvalue weighted by atomic mass is 16.5. The van der Waals surface area contributed by atoms with E-state index in [1.807, 2.05) is 70.1 Å². The molecule has 0 spiro atoms. The van der Waals surface area contributed by atoms with Crippen molar-refractivity contribution in [1.29, 1.82) is 0 Å². The van der Waals surface area contributed by atoms with Crippen LogP contribution in [0.4, 0.5) is 0 Å². The molecule has 0 aliphatic rings. The maximum atomic E-state index is 12.2. The molecule has 2 aromatic carbocycles. The number of fused-ring (bicyclic) bond motifs is 2. The topological polar surface area (TPSA) is 88.2 Å². The zero-order valence-electron chi connectivity index (χ0n) is 20.2. The zero-order valence-corrected chi connectivity index (χ0v) is 20.2. The Hall–Kier alpha value is -4.46. The molecule has 5 aromatic rings. The van der Waals surface area contributed by atoms with Crippen LogP contribution in [-0.2, 0) is 31.9 Å². The summed E-state index contributed by atoms with van der Waals surface area (Å²) in [7, 11) is 0. The van der Waals surface area contributed by atoms with Gasteiger partial charge in [0, 0.05) is 23.2 Å². The van der Waals surface area contributed by atoms with Crippen LogP contribution in [0, 0.1) is 0 Å². The lowest BCUT2D eigenvalue weighted by atomic mass is 10.1. The number of hydrogen-bond donors (Lipinski definition) is 0. The third kappa shape index (κ3) is 4.45. The smallest absolute Gasteiger partial charge is 0.310 e. The van der Waals surface area contributed by atoms with Crippen molar-refractivity contribution in [3.63, 3.8) is 0 Å². The van der Waals surface area contributed by atoms with E-state index in [9.17, 15) is 9.59 Å². The van der Waals surface area contributed by atoms with Crippen LogP contribution in [0.1, 0.15) is 25.0 Å². The van der Waals surface area contributed by atoms with E-state index in [0.717, 1.165) is 32.9 Å². The van der Waals surface area contributed by atoms with Crippen molar-refractivity contribution >= 4 is 33.7 Å². The van der Waals surface area contributed by atoms with Crippen molar-refractivity contribution in [1.82, 2.24) is 19.1 Å². The zero-order chi connectivity index (χ0) is 25.1. The van der Waals surface area contributed by atoms with Gasteiger partial charge in [0.25, 0.3) is 0 Å². The number of carbonyl (C=O) groups excluding carboxylic acids is 2. The summed E-state index contributed by atoms with van der Waals surface area (Å²) in [6, 6.07) is 15.7. The molecule has 36 heavy (non-hydrogen) atoms. The van der Waals surface area contributed by atoms with Gasteiger partial charge >= 0.3 is 11.9 Å². The second-order valence-electron chi connectivity index (χ2n) is 8.28. The predicted octanol–water partition coefficient (Wildman–Crippen LogP) is 4.58. The average molecular weight is 483 g/mol. The van der Waals surface area contributed by atoms with Gasteiger partial charge < -0.3 is 9.47 Å². The van der Waals surface area contributed by atoms with Crippen LogP contribution in [0.5, 0.6) is 0 Å². The van der Waals surface area contributed by atoms with E-state index in [4.69, 9.17) is 14.5 Å². The number of carbonyl (C=O) groups is 2. The molecule has 0 atom stereocenters. The third-order valence-electron chi connectivity index (χ3n) is 5.97. The molecular weight excluding hydrogens is 456 g/mol. The summed E-state index contributed by atoms with van der Waals surface area (Å²) in [5, 5.41) is 1.92. The summed E-state index contributed by atoms with van der Waals surface area (Å²) >= 11 is 0. The lowest BCUT2D eigenvalue weighted by Gasteiger charge is -2.08. The van der Waals surface area contributed by atoms with Crippen LogP contribution in [0.3, 0.4) is 0 Å². The molecule has 0 bridgehead atoms. The van der Waals surface area contributed by atoms with Crippen LogP contribution in [0.2, 0.25) is 0 Å². The minimum absolute atomic E-state index is 0.175. The van der Waals surface area contributed by atoms with E-state index in [1.54, 1.807) is 26.2 Å². The molecular formula is C28H26N4O4. The first-order valence-electron chi connectivity index (χ1n) is 11.9. The molecule has 0 radical (unpaired) electrons. The second-order valence-corrected chi connectivity index (χ2v) is 8.28. The highest BCUT2D eigenvalue weighted by molar-refractivity contribution is 5.90. The fourth-order valence-corrected chi connectivity index (χ4v) is 4.47. The van der Waals surface area contributed by atoms with E-state index < -0.39 is 0 Å². The van der Waals surface area contributed by atoms with E-state index in [0.29, 0.717) is 24.8 Å². The molecule has 182 valence electrons. The Morgan fingerprint density at radius 1 is 0.722 bits per heavy atom. The molecule has 5 rings (SSSR count). The van der Waals surface area contributed by atoms with Gasteiger partial charge in [-0.2, -0.15) is 0 Å². The Morgan fingerprint density at radius 3 is 1.61 bits per heavy atom. The number of nitrogens with zero attached hydrogens (tertiary/aromatic N) is 4. The molecule has 0 unspecified atom stereocenters. The average Bonchev–Trinajstić information content (AvgIpc) is 3.43. The number of ether oxygens (including phenoxy) is 2. The van der Waals surface area contributed by atoms with Crippen molar-refractivity contribution in [3.05, 3.63) is 84.4 Å². The van der Waals surface area contributed by atoms with E-state index in [-0.39, 0.29) is 24.8 Å². The van der Waals surface area contributed by atoms with Gasteiger partial charge in [0.05, 0.1) is 49.5 Å². The quantitative estimate of drug-likeness (QED) is 0.301. The fourth-order valence-electron chi connectivity index (χ4n) is 4.47. The van der Waals surface area contributed by atoms with Gasteiger partial charge in [-0.3, -0.25) is 23.7 Å². The Bertz CT molecular complexity index is 1450. The number of benzene rings is 2. The van der Waals surface area contributed by atoms with Gasteiger partial charge in [0.1, 0.15) is 0 Å². The number of hydrogen-bond acceptors (Lipinski definition) is 6.